The third-order valence-electron chi connectivity index (χ3n) is 0.544. The Morgan fingerprint density at radius 3 is 2.00 bits per heavy atom. The summed E-state index contributed by atoms with van der Waals surface area (Å²) in [4.78, 5) is 0. The Balaban J connectivity index is 4.04. The number of rotatable bonds is 0. The monoisotopic (exact) mass is 158 g/mol. The highest BCUT2D eigenvalue weighted by Crippen LogP contribution is 2.09. The van der Waals surface area contributed by atoms with Crippen molar-refractivity contribution in [3.63, 3.8) is 0 Å². The van der Waals surface area contributed by atoms with Gasteiger partial charge in [-0.2, -0.15) is 0 Å². The second kappa shape index (κ2) is 3.24. The first-order valence-electron chi connectivity index (χ1n) is 2.68. The van der Waals surface area contributed by atoms with Crippen LogP contribution in [-0.2, 0) is 0 Å². The van der Waals surface area contributed by atoms with E-state index in [-0.39, 0.29) is 5.41 Å². The van der Waals surface area contributed by atoms with Crippen LogP contribution in [0, 0.1) is 17.3 Å². The zero-order chi connectivity index (χ0) is 7.49. The SMILES string of the molecule is CC(C)(C)C#CC(=S)S. The van der Waals surface area contributed by atoms with Crippen LogP contribution in [0.15, 0.2) is 0 Å². The molecule has 0 fully saturated rings. The Labute approximate surface area is 67.4 Å². The maximum Gasteiger partial charge on any atom is 0.117 e. The molecule has 0 aromatic carbocycles. The normalized spacial score (nSPS) is 9.78. The van der Waals surface area contributed by atoms with Crippen molar-refractivity contribution >= 4 is 29.0 Å². The van der Waals surface area contributed by atoms with E-state index in [9.17, 15) is 0 Å². The van der Waals surface area contributed by atoms with Crippen LogP contribution in [0.3, 0.4) is 0 Å². The molecule has 2 heteroatoms. The van der Waals surface area contributed by atoms with E-state index in [1.165, 1.54) is 0 Å². The molecular formula is C7H10S2. The zero-order valence-corrected chi connectivity index (χ0v) is 7.57. The quantitative estimate of drug-likeness (QED) is 0.321. The summed E-state index contributed by atoms with van der Waals surface area (Å²) in [6.07, 6.45) is 0. The molecule has 0 N–H and O–H groups in total. The fourth-order valence-electron chi connectivity index (χ4n) is 0.241. The summed E-state index contributed by atoms with van der Waals surface area (Å²) >= 11 is 8.52. The van der Waals surface area contributed by atoms with Gasteiger partial charge in [-0.3, -0.25) is 0 Å². The van der Waals surface area contributed by atoms with Gasteiger partial charge in [-0.25, -0.2) is 0 Å². The third-order valence-corrected chi connectivity index (χ3v) is 0.758. The van der Waals surface area contributed by atoms with Gasteiger partial charge in [0, 0.05) is 5.41 Å². The summed E-state index contributed by atoms with van der Waals surface area (Å²) in [7, 11) is 0. The third kappa shape index (κ3) is 8.00. The van der Waals surface area contributed by atoms with E-state index in [1.54, 1.807) is 0 Å². The van der Waals surface area contributed by atoms with Gasteiger partial charge in [-0.05, 0) is 26.7 Å². The van der Waals surface area contributed by atoms with Crippen molar-refractivity contribution in [2.24, 2.45) is 5.41 Å². The van der Waals surface area contributed by atoms with E-state index in [1.807, 2.05) is 20.8 Å². The van der Waals surface area contributed by atoms with Crippen molar-refractivity contribution in [2.45, 2.75) is 20.8 Å². The van der Waals surface area contributed by atoms with Gasteiger partial charge in [0.15, 0.2) is 0 Å². The summed E-state index contributed by atoms with van der Waals surface area (Å²) in [6, 6.07) is 0. The Kier molecular flexibility index (Phi) is 3.24. The molecule has 0 rings (SSSR count). The lowest BCUT2D eigenvalue weighted by Gasteiger charge is -2.05. The standard InChI is InChI=1S/C7H10S2/c1-7(2,3)5-4-6(8)9/h1-3H3,(H,8,9). The summed E-state index contributed by atoms with van der Waals surface area (Å²) in [5.41, 5.74) is 0.0345. The van der Waals surface area contributed by atoms with Crippen LogP contribution in [0.4, 0.5) is 0 Å². The van der Waals surface area contributed by atoms with Gasteiger partial charge in [0.25, 0.3) is 0 Å². The van der Waals surface area contributed by atoms with E-state index in [4.69, 9.17) is 0 Å². The van der Waals surface area contributed by atoms with Crippen molar-refractivity contribution in [1.82, 2.24) is 0 Å². The highest BCUT2D eigenvalue weighted by Gasteiger charge is 2.02. The molecule has 0 spiro atoms. The lowest BCUT2D eigenvalue weighted by Crippen LogP contribution is -1.99. The van der Waals surface area contributed by atoms with Gasteiger partial charge in [-0.1, -0.05) is 18.1 Å². The van der Waals surface area contributed by atoms with Gasteiger partial charge in [0.1, 0.15) is 4.20 Å². The highest BCUT2D eigenvalue weighted by molar-refractivity contribution is 8.12. The molecule has 0 heterocycles. The van der Waals surface area contributed by atoms with Crippen molar-refractivity contribution in [2.75, 3.05) is 0 Å². The first-order chi connectivity index (χ1) is 3.92. The smallest absolute Gasteiger partial charge is 0.117 e. The molecule has 0 aliphatic carbocycles. The largest absolute Gasteiger partial charge is 0.123 e. The van der Waals surface area contributed by atoms with Gasteiger partial charge >= 0.3 is 0 Å². The minimum atomic E-state index is 0.0345. The van der Waals surface area contributed by atoms with Crippen LogP contribution in [0.2, 0.25) is 0 Å². The molecule has 0 bridgehead atoms. The molecule has 0 aliphatic rings. The second-order valence-electron chi connectivity index (χ2n) is 2.81. The summed E-state index contributed by atoms with van der Waals surface area (Å²) in [5.74, 6) is 5.68. The maximum absolute atomic E-state index is 4.65. The number of hydrogen-bond donors (Lipinski definition) is 1. The molecule has 0 unspecified atom stereocenters. The van der Waals surface area contributed by atoms with E-state index in [0.29, 0.717) is 4.20 Å². The van der Waals surface area contributed by atoms with Crippen LogP contribution in [0.25, 0.3) is 0 Å². The number of thiocarbonyl (C=S) groups is 1. The molecule has 0 nitrogen and oxygen atoms in total. The summed E-state index contributed by atoms with van der Waals surface area (Å²) < 4.78 is 0.463. The summed E-state index contributed by atoms with van der Waals surface area (Å²) in [5, 5.41) is 0. The van der Waals surface area contributed by atoms with E-state index < -0.39 is 0 Å². The maximum atomic E-state index is 4.65. The first-order valence-corrected chi connectivity index (χ1v) is 3.53. The molecule has 0 amide bonds. The van der Waals surface area contributed by atoms with E-state index in [2.05, 4.69) is 36.7 Å². The van der Waals surface area contributed by atoms with Gasteiger partial charge in [0.2, 0.25) is 0 Å². The van der Waals surface area contributed by atoms with Crippen LogP contribution in [0.5, 0.6) is 0 Å². The van der Waals surface area contributed by atoms with Gasteiger partial charge in [-0.15, -0.1) is 12.6 Å². The molecule has 0 aromatic rings. The average molecular weight is 158 g/mol. The Hall–Kier alpha value is -0.000000000000000111. The molecule has 0 saturated carbocycles. The molecular weight excluding hydrogens is 148 g/mol. The number of thiol groups is 1. The molecule has 9 heavy (non-hydrogen) atoms. The van der Waals surface area contributed by atoms with Gasteiger partial charge < -0.3 is 0 Å². The molecule has 0 saturated heterocycles. The predicted octanol–water partition coefficient (Wildman–Crippen LogP) is 2.29. The fraction of sp³-hybridized carbons (Fsp3) is 0.571. The Morgan fingerprint density at radius 1 is 1.44 bits per heavy atom. The molecule has 0 aliphatic heterocycles. The van der Waals surface area contributed by atoms with Crippen LogP contribution >= 0.6 is 24.8 Å². The topological polar surface area (TPSA) is 0 Å². The summed E-state index contributed by atoms with van der Waals surface area (Å²) in [6.45, 7) is 6.10. The minimum absolute atomic E-state index is 0.0345. The van der Waals surface area contributed by atoms with Crippen LogP contribution < -0.4 is 0 Å². The fourth-order valence-corrected chi connectivity index (χ4v) is 0.348. The Morgan fingerprint density at radius 2 is 1.89 bits per heavy atom. The van der Waals surface area contributed by atoms with Crippen LogP contribution in [-0.4, -0.2) is 4.20 Å². The zero-order valence-electron chi connectivity index (χ0n) is 5.86. The molecule has 0 atom stereocenters. The van der Waals surface area contributed by atoms with E-state index >= 15 is 0 Å². The lowest BCUT2D eigenvalue weighted by atomic mass is 9.98. The predicted molar refractivity (Wildman–Crippen MR) is 48.8 cm³/mol. The van der Waals surface area contributed by atoms with Crippen molar-refractivity contribution in [3.05, 3.63) is 0 Å². The average Bonchev–Trinajstić information content (AvgIpc) is 1.59. The van der Waals surface area contributed by atoms with E-state index in [0.717, 1.165) is 0 Å². The molecule has 0 radical (unpaired) electrons. The van der Waals surface area contributed by atoms with Gasteiger partial charge in [0.05, 0.1) is 0 Å². The highest BCUT2D eigenvalue weighted by atomic mass is 32.1. The number of hydrogen-bond acceptors (Lipinski definition) is 1. The molecule has 50 valence electrons. The van der Waals surface area contributed by atoms with Crippen molar-refractivity contribution in [3.8, 4) is 11.8 Å². The van der Waals surface area contributed by atoms with Crippen molar-refractivity contribution < 1.29 is 0 Å². The molecule has 0 aromatic heterocycles. The second-order valence-corrected chi connectivity index (χ2v) is 3.96. The Bertz CT molecular complexity index is 164. The van der Waals surface area contributed by atoms with Crippen LogP contribution in [0.1, 0.15) is 20.8 Å². The minimum Gasteiger partial charge on any atom is -0.123 e. The van der Waals surface area contributed by atoms with Crippen molar-refractivity contribution in [1.29, 1.82) is 0 Å². The first kappa shape index (κ1) is 9.00. The lowest BCUT2D eigenvalue weighted by molar-refractivity contribution is 0.571.